The van der Waals surface area contributed by atoms with Crippen LogP contribution < -0.4 is 4.74 Å². The van der Waals surface area contributed by atoms with Gasteiger partial charge in [0.15, 0.2) is 9.84 Å². The van der Waals surface area contributed by atoms with Crippen LogP contribution in [0, 0.1) is 0 Å². The summed E-state index contributed by atoms with van der Waals surface area (Å²) in [4.78, 5) is 7.93. The summed E-state index contributed by atoms with van der Waals surface area (Å²) in [7, 11) is -3.19. The minimum absolute atomic E-state index is 0.249. The van der Waals surface area contributed by atoms with Gasteiger partial charge in [0, 0.05) is 24.7 Å². The second-order valence-electron chi connectivity index (χ2n) is 4.96. The third kappa shape index (κ3) is 6.80. The maximum absolute atomic E-state index is 11.3. The Morgan fingerprint density at radius 1 is 0.808 bits per heavy atom. The molecule has 136 valence electrons. The molecule has 0 bridgehead atoms. The molecule has 3 aromatic rings. The van der Waals surface area contributed by atoms with E-state index in [-0.39, 0.29) is 4.90 Å². The number of benzene rings is 1. The van der Waals surface area contributed by atoms with Crippen molar-refractivity contribution in [1.82, 2.24) is 9.97 Å². The summed E-state index contributed by atoms with van der Waals surface area (Å²) < 4.78 is 28.0. The Bertz CT molecular complexity index is 925. The average molecular weight is 432 g/mol. The van der Waals surface area contributed by atoms with E-state index in [2.05, 4.69) is 9.97 Å². The van der Waals surface area contributed by atoms with Crippen molar-refractivity contribution in [3.63, 3.8) is 0 Å². The molecule has 0 aliphatic rings. The second-order valence-corrected chi connectivity index (χ2v) is 8.24. The molecule has 0 N–H and O–H groups in total. The molecular formula is C17H13Cl3N2O3S. The highest BCUT2D eigenvalue weighted by Crippen LogP contribution is 2.22. The molecule has 0 aliphatic carbocycles. The summed E-state index contributed by atoms with van der Waals surface area (Å²) in [6.07, 6.45) is 4.13. The number of ether oxygens (including phenoxy) is 1. The summed E-state index contributed by atoms with van der Waals surface area (Å²) in [6, 6.07) is 12.8. The summed E-state index contributed by atoms with van der Waals surface area (Å²) in [5.74, 6) is 0.906. The zero-order valence-electron chi connectivity index (χ0n) is 13.4. The molecule has 0 spiro atoms. The fraction of sp³-hybridized carbons (Fsp3) is 0.0588. The first-order chi connectivity index (χ1) is 12.2. The van der Waals surface area contributed by atoms with Gasteiger partial charge in [0.05, 0.1) is 14.9 Å². The van der Waals surface area contributed by atoms with E-state index in [4.69, 9.17) is 39.5 Å². The number of nitrogens with zero attached hydrogens (tertiary/aromatic N) is 2. The number of pyridine rings is 2. The Morgan fingerprint density at radius 3 is 1.81 bits per heavy atom. The van der Waals surface area contributed by atoms with Crippen molar-refractivity contribution >= 4 is 44.6 Å². The highest BCUT2D eigenvalue weighted by molar-refractivity contribution is 7.90. The second kappa shape index (κ2) is 9.19. The molecule has 0 atom stereocenters. The number of sulfone groups is 1. The van der Waals surface area contributed by atoms with Crippen molar-refractivity contribution in [3.05, 3.63) is 76.1 Å². The zero-order chi connectivity index (χ0) is 19.2. The fourth-order valence-corrected chi connectivity index (χ4v) is 2.62. The van der Waals surface area contributed by atoms with E-state index < -0.39 is 9.84 Å². The van der Waals surface area contributed by atoms with Crippen molar-refractivity contribution in [2.24, 2.45) is 0 Å². The maximum atomic E-state index is 11.3. The number of hydrogen-bond acceptors (Lipinski definition) is 5. The molecule has 5 nitrogen and oxygen atoms in total. The highest BCUT2D eigenvalue weighted by Gasteiger charge is 2.07. The molecule has 26 heavy (non-hydrogen) atoms. The molecule has 0 saturated heterocycles. The van der Waals surface area contributed by atoms with Crippen molar-refractivity contribution in [1.29, 1.82) is 0 Å². The largest absolute Gasteiger partial charge is 0.439 e. The van der Waals surface area contributed by atoms with Gasteiger partial charge in [0.1, 0.15) is 10.9 Å². The first-order valence-corrected chi connectivity index (χ1v) is 10.1. The molecule has 0 saturated carbocycles. The van der Waals surface area contributed by atoms with Crippen LogP contribution in [-0.4, -0.2) is 24.6 Å². The topological polar surface area (TPSA) is 69.2 Å². The molecule has 0 aliphatic heterocycles. The highest BCUT2D eigenvalue weighted by atomic mass is 35.5. The lowest BCUT2D eigenvalue weighted by molar-refractivity contribution is 0.462. The van der Waals surface area contributed by atoms with Crippen LogP contribution in [0.2, 0.25) is 15.2 Å². The van der Waals surface area contributed by atoms with Crippen LogP contribution in [0.4, 0.5) is 0 Å². The number of rotatable bonds is 3. The van der Waals surface area contributed by atoms with Gasteiger partial charge in [0.2, 0.25) is 5.88 Å². The molecule has 1 aromatic carbocycles. The summed E-state index contributed by atoms with van der Waals surface area (Å²) in [6.45, 7) is 0. The van der Waals surface area contributed by atoms with Gasteiger partial charge in [-0.25, -0.2) is 18.4 Å². The Labute approximate surface area is 166 Å². The third-order valence-corrected chi connectivity index (χ3v) is 4.67. The quantitative estimate of drug-likeness (QED) is 0.525. The van der Waals surface area contributed by atoms with Gasteiger partial charge in [-0.3, -0.25) is 0 Å². The first-order valence-electron chi connectivity index (χ1n) is 7.10. The third-order valence-electron chi connectivity index (χ3n) is 2.87. The monoisotopic (exact) mass is 430 g/mol. The van der Waals surface area contributed by atoms with Crippen LogP contribution >= 0.6 is 34.8 Å². The Hall–Kier alpha value is -1.86. The van der Waals surface area contributed by atoms with Crippen LogP contribution in [0.5, 0.6) is 11.6 Å². The van der Waals surface area contributed by atoms with E-state index in [1.807, 2.05) is 0 Å². The lowest BCUT2D eigenvalue weighted by Crippen LogP contribution is -1.96. The lowest BCUT2D eigenvalue weighted by atomic mass is 10.3. The molecule has 0 unspecified atom stereocenters. The van der Waals surface area contributed by atoms with E-state index in [1.165, 1.54) is 24.5 Å². The average Bonchev–Trinajstić information content (AvgIpc) is 2.60. The Morgan fingerprint density at radius 2 is 1.38 bits per heavy atom. The van der Waals surface area contributed by atoms with Gasteiger partial charge in [0.25, 0.3) is 0 Å². The van der Waals surface area contributed by atoms with Crippen LogP contribution in [0.3, 0.4) is 0 Å². The van der Waals surface area contributed by atoms with Gasteiger partial charge in [-0.05, 0) is 42.5 Å². The minimum atomic E-state index is -3.19. The lowest BCUT2D eigenvalue weighted by Gasteiger charge is -2.05. The Balaban J connectivity index is 0.000000254. The number of aromatic nitrogens is 2. The summed E-state index contributed by atoms with van der Waals surface area (Å²) in [5.41, 5.74) is 0. The first kappa shape index (κ1) is 20.5. The van der Waals surface area contributed by atoms with Crippen molar-refractivity contribution in [2.45, 2.75) is 4.90 Å². The number of halogens is 3. The van der Waals surface area contributed by atoms with Gasteiger partial charge >= 0.3 is 0 Å². The predicted molar refractivity (Wildman–Crippen MR) is 103 cm³/mol. The SMILES string of the molecule is CS(=O)(=O)c1ccc(Oc2ccc(Cl)cn2)cc1.Clc1ccc(Cl)nc1. The minimum Gasteiger partial charge on any atom is -0.439 e. The van der Waals surface area contributed by atoms with Crippen LogP contribution in [-0.2, 0) is 9.84 Å². The molecule has 2 aromatic heterocycles. The summed E-state index contributed by atoms with van der Waals surface area (Å²) >= 11 is 16.6. The Kier molecular flexibility index (Phi) is 7.23. The van der Waals surface area contributed by atoms with Gasteiger partial charge in [-0.2, -0.15) is 0 Å². The molecular weight excluding hydrogens is 419 g/mol. The standard InChI is InChI=1S/C12H10ClNO3S.C5H3Cl2N/c1-18(15,16)11-5-3-10(4-6-11)17-12-7-2-9(13)8-14-12;6-4-1-2-5(7)8-3-4/h2-8H,1H3;1-3H. The van der Waals surface area contributed by atoms with E-state index in [0.29, 0.717) is 26.8 Å². The number of hydrogen-bond donors (Lipinski definition) is 0. The fourth-order valence-electron chi connectivity index (χ4n) is 1.66. The van der Waals surface area contributed by atoms with Crippen LogP contribution in [0.1, 0.15) is 0 Å². The van der Waals surface area contributed by atoms with Gasteiger partial charge < -0.3 is 4.74 Å². The van der Waals surface area contributed by atoms with E-state index >= 15 is 0 Å². The van der Waals surface area contributed by atoms with E-state index in [9.17, 15) is 8.42 Å². The molecule has 0 fully saturated rings. The molecule has 3 rings (SSSR count). The molecule has 2 heterocycles. The predicted octanol–water partition coefficient (Wildman–Crippen LogP) is 5.32. The van der Waals surface area contributed by atoms with Crippen LogP contribution in [0.25, 0.3) is 0 Å². The van der Waals surface area contributed by atoms with Crippen LogP contribution in [0.15, 0.2) is 65.8 Å². The van der Waals surface area contributed by atoms with Crippen molar-refractivity contribution < 1.29 is 13.2 Å². The van der Waals surface area contributed by atoms with E-state index in [0.717, 1.165) is 6.26 Å². The van der Waals surface area contributed by atoms with Crippen molar-refractivity contribution in [3.8, 4) is 11.6 Å². The van der Waals surface area contributed by atoms with Gasteiger partial charge in [-0.15, -0.1) is 0 Å². The maximum Gasteiger partial charge on any atom is 0.219 e. The van der Waals surface area contributed by atoms with Crippen molar-refractivity contribution in [2.75, 3.05) is 6.26 Å². The summed E-state index contributed by atoms with van der Waals surface area (Å²) in [5, 5.41) is 1.60. The zero-order valence-corrected chi connectivity index (χ0v) is 16.5. The normalized spacial score (nSPS) is 10.6. The molecule has 0 amide bonds. The van der Waals surface area contributed by atoms with E-state index in [1.54, 1.807) is 36.4 Å². The van der Waals surface area contributed by atoms with Gasteiger partial charge in [-0.1, -0.05) is 34.8 Å². The smallest absolute Gasteiger partial charge is 0.219 e. The molecule has 9 heteroatoms. The molecule has 0 radical (unpaired) electrons.